The Morgan fingerprint density at radius 1 is 1.06 bits per heavy atom. The molecule has 0 heterocycles. The summed E-state index contributed by atoms with van der Waals surface area (Å²) < 4.78 is 0. The lowest BCUT2D eigenvalue weighted by Gasteiger charge is -2.31. The van der Waals surface area contributed by atoms with Crippen LogP contribution < -0.4 is 5.32 Å². The first-order chi connectivity index (χ1) is 7.74. The maximum absolute atomic E-state index is 3.79. The predicted molar refractivity (Wildman–Crippen MR) is 72.7 cm³/mol. The maximum atomic E-state index is 3.79. The minimum absolute atomic E-state index is 0.808. The molecule has 1 aliphatic carbocycles. The molecule has 1 nitrogen and oxygen atoms in total. The number of nitrogens with one attached hydrogen (secondary N) is 1. The molecule has 0 radical (unpaired) electrons. The first kappa shape index (κ1) is 14.0. The third-order valence-electron chi connectivity index (χ3n) is 3.93. The molecule has 1 N–H and O–H groups in total. The van der Waals surface area contributed by atoms with E-state index in [9.17, 15) is 0 Å². The normalized spacial score (nSPS) is 20.2. The highest BCUT2D eigenvalue weighted by molar-refractivity contribution is 4.79. The van der Waals surface area contributed by atoms with Gasteiger partial charge < -0.3 is 5.32 Å². The van der Waals surface area contributed by atoms with E-state index < -0.39 is 0 Å². The van der Waals surface area contributed by atoms with Gasteiger partial charge in [0.1, 0.15) is 0 Å². The molecule has 1 heteroatoms. The standard InChI is InChI=1S/C15H31N/c1-4-12-16-15(11-10-13(2)3)14-8-6-5-7-9-14/h13-16H,4-12H2,1-3H3. The van der Waals surface area contributed by atoms with Gasteiger partial charge in [-0.3, -0.25) is 0 Å². The molecule has 0 aromatic carbocycles. The van der Waals surface area contributed by atoms with Gasteiger partial charge in [-0.05, 0) is 50.5 Å². The van der Waals surface area contributed by atoms with Gasteiger partial charge >= 0.3 is 0 Å². The third kappa shape index (κ3) is 5.34. The Labute approximate surface area is 102 Å². The second-order valence-corrected chi connectivity index (χ2v) is 5.93. The highest BCUT2D eigenvalue weighted by Gasteiger charge is 2.22. The predicted octanol–water partition coefficient (Wildman–Crippen LogP) is 4.37. The van der Waals surface area contributed by atoms with Gasteiger partial charge in [-0.25, -0.2) is 0 Å². The SMILES string of the molecule is CCCNC(CCC(C)C)C1CCCCC1. The van der Waals surface area contributed by atoms with Crippen LogP contribution in [-0.4, -0.2) is 12.6 Å². The summed E-state index contributed by atoms with van der Waals surface area (Å²) in [5.74, 6) is 1.83. The van der Waals surface area contributed by atoms with Gasteiger partial charge in [0.15, 0.2) is 0 Å². The highest BCUT2D eigenvalue weighted by atomic mass is 14.9. The monoisotopic (exact) mass is 225 g/mol. The van der Waals surface area contributed by atoms with Crippen molar-refractivity contribution in [2.24, 2.45) is 11.8 Å². The van der Waals surface area contributed by atoms with Gasteiger partial charge in [0, 0.05) is 6.04 Å². The third-order valence-corrected chi connectivity index (χ3v) is 3.93. The number of hydrogen-bond donors (Lipinski definition) is 1. The summed E-state index contributed by atoms with van der Waals surface area (Å²) in [5.41, 5.74) is 0. The van der Waals surface area contributed by atoms with Gasteiger partial charge in [0.25, 0.3) is 0 Å². The molecule has 1 atom stereocenters. The Morgan fingerprint density at radius 2 is 1.75 bits per heavy atom. The zero-order valence-electron chi connectivity index (χ0n) is 11.6. The van der Waals surface area contributed by atoms with Gasteiger partial charge in [-0.2, -0.15) is 0 Å². The van der Waals surface area contributed by atoms with Gasteiger partial charge in [-0.15, -0.1) is 0 Å². The van der Waals surface area contributed by atoms with E-state index in [1.807, 2.05) is 0 Å². The lowest BCUT2D eigenvalue weighted by molar-refractivity contribution is 0.249. The smallest absolute Gasteiger partial charge is 0.00954 e. The summed E-state index contributed by atoms with van der Waals surface area (Å²) in [6.45, 7) is 8.17. The molecule has 0 bridgehead atoms. The van der Waals surface area contributed by atoms with E-state index in [0.29, 0.717) is 0 Å². The molecule has 1 rings (SSSR count). The van der Waals surface area contributed by atoms with E-state index in [4.69, 9.17) is 0 Å². The fraction of sp³-hybridized carbons (Fsp3) is 1.00. The van der Waals surface area contributed by atoms with E-state index in [1.54, 1.807) is 0 Å². The Hall–Kier alpha value is -0.0400. The average molecular weight is 225 g/mol. The van der Waals surface area contributed by atoms with Crippen molar-refractivity contribution >= 4 is 0 Å². The first-order valence-corrected chi connectivity index (χ1v) is 7.47. The lowest BCUT2D eigenvalue weighted by atomic mass is 9.81. The maximum Gasteiger partial charge on any atom is 0.00954 e. The van der Waals surface area contributed by atoms with Crippen LogP contribution in [-0.2, 0) is 0 Å². The van der Waals surface area contributed by atoms with Crippen LogP contribution in [0.3, 0.4) is 0 Å². The molecule has 0 saturated heterocycles. The topological polar surface area (TPSA) is 12.0 Å². The Kier molecular flexibility index (Phi) is 7.11. The highest BCUT2D eigenvalue weighted by Crippen LogP contribution is 2.28. The van der Waals surface area contributed by atoms with Gasteiger partial charge in [0.2, 0.25) is 0 Å². The van der Waals surface area contributed by atoms with E-state index in [-0.39, 0.29) is 0 Å². The van der Waals surface area contributed by atoms with Crippen LogP contribution in [0.4, 0.5) is 0 Å². The van der Waals surface area contributed by atoms with Crippen LogP contribution in [0.2, 0.25) is 0 Å². The molecular weight excluding hydrogens is 194 g/mol. The van der Waals surface area contributed by atoms with E-state index in [0.717, 1.165) is 17.9 Å². The van der Waals surface area contributed by atoms with Crippen LogP contribution >= 0.6 is 0 Å². The van der Waals surface area contributed by atoms with Crippen LogP contribution in [0.25, 0.3) is 0 Å². The summed E-state index contributed by atoms with van der Waals surface area (Å²) in [6, 6.07) is 0.808. The van der Waals surface area contributed by atoms with Crippen molar-refractivity contribution in [2.45, 2.75) is 78.2 Å². The van der Waals surface area contributed by atoms with Gasteiger partial charge in [0.05, 0.1) is 0 Å². The molecule has 1 aliphatic rings. The van der Waals surface area contributed by atoms with Gasteiger partial charge in [-0.1, -0.05) is 40.0 Å². The molecular formula is C15H31N. The fourth-order valence-corrected chi connectivity index (χ4v) is 2.88. The molecule has 1 unspecified atom stereocenters. The van der Waals surface area contributed by atoms with Crippen molar-refractivity contribution < 1.29 is 0 Å². The molecule has 1 fully saturated rings. The summed E-state index contributed by atoms with van der Waals surface area (Å²) in [5, 5.41) is 3.79. The van der Waals surface area contributed by atoms with Crippen molar-refractivity contribution in [1.29, 1.82) is 0 Å². The molecule has 96 valence electrons. The summed E-state index contributed by atoms with van der Waals surface area (Å²) in [4.78, 5) is 0. The van der Waals surface area contributed by atoms with Crippen LogP contribution in [0.1, 0.15) is 72.1 Å². The summed E-state index contributed by atoms with van der Waals surface area (Å²) >= 11 is 0. The number of hydrogen-bond acceptors (Lipinski definition) is 1. The summed E-state index contributed by atoms with van der Waals surface area (Å²) in [6.07, 6.45) is 11.4. The minimum Gasteiger partial charge on any atom is -0.314 e. The second kappa shape index (κ2) is 8.11. The van der Waals surface area contributed by atoms with Crippen molar-refractivity contribution in [3.8, 4) is 0 Å². The second-order valence-electron chi connectivity index (χ2n) is 5.93. The van der Waals surface area contributed by atoms with Crippen LogP contribution in [0.15, 0.2) is 0 Å². The Morgan fingerprint density at radius 3 is 2.31 bits per heavy atom. The Bertz CT molecular complexity index is 159. The summed E-state index contributed by atoms with van der Waals surface area (Å²) in [7, 11) is 0. The van der Waals surface area contributed by atoms with Crippen molar-refractivity contribution in [3.05, 3.63) is 0 Å². The molecule has 1 saturated carbocycles. The fourth-order valence-electron chi connectivity index (χ4n) is 2.88. The number of rotatable bonds is 7. The quantitative estimate of drug-likeness (QED) is 0.678. The first-order valence-electron chi connectivity index (χ1n) is 7.47. The van der Waals surface area contributed by atoms with Crippen LogP contribution in [0, 0.1) is 11.8 Å². The van der Waals surface area contributed by atoms with E-state index in [1.165, 1.54) is 57.9 Å². The van der Waals surface area contributed by atoms with E-state index in [2.05, 4.69) is 26.1 Å². The average Bonchev–Trinajstić information content (AvgIpc) is 2.30. The van der Waals surface area contributed by atoms with E-state index >= 15 is 0 Å². The molecule has 16 heavy (non-hydrogen) atoms. The van der Waals surface area contributed by atoms with Crippen molar-refractivity contribution in [2.75, 3.05) is 6.54 Å². The lowest BCUT2D eigenvalue weighted by Crippen LogP contribution is -2.38. The minimum atomic E-state index is 0.808. The molecule has 0 aromatic heterocycles. The van der Waals surface area contributed by atoms with Crippen LogP contribution in [0.5, 0.6) is 0 Å². The zero-order valence-corrected chi connectivity index (χ0v) is 11.6. The van der Waals surface area contributed by atoms with Crippen molar-refractivity contribution in [3.63, 3.8) is 0 Å². The zero-order chi connectivity index (χ0) is 11.8. The largest absolute Gasteiger partial charge is 0.314 e. The molecule has 0 aliphatic heterocycles. The van der Waals surface area contributed by atoms with Crippen molar-refractivity contribution in [1.82, 2.24) is 5.32 Å². The molecule has 0 spiro atoms. The molecule has 0 amide bonds. The Balaban J connectivity index is 2.34. The molecule has 0 aromatic rings.